The van der Waals surface area contributed by atoms with Crippen LogP contribution in [0.3, 0.4) is 0 Å². The zero-order chi connectivity index (χ0) is 17.8. The molecular formula is C16H26N6O2S. The number of nitrogens with zero attached hydrogens (tertiary/aromatic N) is 6. The number of aromatic nitrogens is 5. The molecule has 1 saturated heterocycles. The molecule has 1 atom stereocenters. The second kappa shape index (κ2) is 8.18. The summed E-state index contributed by atoms with van der Waals surface area (Å²) in [7, 11) is 0. The summed E-state index contributed by atoms with van der Waals surface area (Å²) < 4.78 is 13.0. The largest absolute Gasteiger partial charge is 0.378 e. The number of morpholine rings is 1. The maximum atomic E-state index is 5.45. The minimum atomic E-state index is 0.0282. The lowest BCUT2D eigenvalue weighted by Gasteiger charge is -2.28. The Bertz CT molecular complexity index is 680. The van der Waals surface area contributed by atoms with Crippen LogP contribution < -0.4 is 4.90 Å². The van der Waals surface area contributed by atoms with Crippen molar-refractivity contribution >= 4 is 17.7 Å². The smallest absolute Gasteiger partial charge is 0.239 e. The van der Waals surface area contributed by atoms with Crippen LogP contribution in [-0.4, -0.2) is 51.2 Å². The third-order valence-electron chi connectivity index (χ3n) is 3.97. The molecule has 25 heavy (non-hydrogen) atoms. The summed E-state index contributed by atoms with van der Waals surface area (Å²) in [6, 6.07) is 0. The third kappa shape index (κ3) is 4.33. The van der Waals surface area contributed by atoms with Crippen molar-refractivity contribution in [2.45, 2.75) is 51.1 Å². The van der Waals surface area contributed by atoms with Crippen molar-refractivity contribution in [1.82, 2.24) is 24.9 Å². The molecule has 2 aromatic rings. The van der Waals surface area contributed by atoms with E-state index in [1.165, 1.54) is 0 Å². The lowest BCUT2D eigenvalue weighted by molar-refractivity contribution is 0.121. The highest BCUT2D eigenvalue weighted by Crippen LogP contribution is 2.35. The lowest BCUT2D eigenvalue weighted by atomic mass is 10.2. The summed E-state index contributed by atoms with van der Waals surface area (Å²) in [6.45, 7) is 12.5. The molecule has 0 aliphatic carbocycles. The van der Waals surface area contributed by atoms with Crippen molar-refractivity contribution in [2.75, 3.05) is 31.2 Å². The van der Waals surface area contributed by atoms with Crippen molar-refractivity contribution in [3.8, 4) is 0 Å². The molecular weight excluding hydrogens is 340 g/mol. The number of aryl methyl sites for hydroxylation is 1. The second-order valence-corrected chi connectivity index (χ2v) is 7.86. The summed E-state index contributed by atoms with van der Waals surface area (Å²) in [5, 5.41) is 13.8. The first kappa shape index (κ1) is 18.2. The van der Waals surface area contributed by atoms with Gasteiger partial charge in [0.25, 0.3) is 0 Å². The van der Waals surface area contributed by atoms with Gasteiger partial charge in [-0.05, 0) is 12.8 Å². The predicted molar refractivity (Wildman–Crippen MR) is 95.8 cm³/mol. The molecule has 8 nitrogen and oxygen atoms in total. The van der Waals surface area contributed by atoms with Gasteiger partial charge in [-0.2, -0.15) is 4.98 Å². The Labute approximate surface area is 152 Å². The summed E-state index contributed by atoms with van der Waals surface area (Å²) in [5.41, 5.74) is 0. The molecule has 1 aliphatic rings. The van der Waals surface area contributed by atoms with Gasteiger partial charge in [0.2, 0.25) is 11.8 Å². The minimum absolute atomic E-state index is 0.0282. The quantitative estimate of drug-likeness (QED) is 0.692. The van der Waals surface area contributed by atoms with Crippen LogP contribution in [-0.2, 0) is 17.7 Å². The van der Waals surface area contributed by atoms with Gasteiger partial charge < -0.3 is 14.2 Å². The van der Waals surface area contributed by atoms with E-state index in [0.717, 1.165) is 56.2 Å². The van der Waals surface area contributed by atoms with Gasteiger partial charge in [-0.3, -0.25) is 4.57 Å². The second-order valence-electron chi connectivity index (χ2n) is 6.55. The summed E-state index contributed by atoms with van der Waals surface area (Å²) in [4.78, 5) is 6.67. The number of thioether (sulfide) groups is 1. The first-order valence-corrected chi connectivity index (χ1v) is 9.71. The van der Waals surface area contributed by atoms with E-state index < -0.39 is 0 Å². The van der Waals surface area contributed by atoms with Gasteiger partial charge in [0, 0.05) is 26.1 Å². The fraction of sp³-hybridized carbons (Fsp3) is 0.750. The molecule has 0 aromatic carbocycles. The number of ether oxygens (including phenoxy) is 1. The highest BCUT2D eigenvalue weighted by molar-refractivity contribution is 7.99. The van der Waals surface area contributed by atoms with Crippen LogP contribution >= 0.6 is 11.8 Å². The van der Waals surface area contributed by atoms with Crippen molar-refractivity contribution in [3.05, 3.63) is 11.7 Å². The molecule has 3 rings (SSSR count). The normalized spacial score (nSPS) is 16.6. The van der Waals surface area contributed by atoms with E-state index in [9.17, 15) is 0 Å². The molecule has 0 amide bonds. The Morgan fingerprint density at radius 2 is 1.92 bits per heavy atom. The first-order valence-electron chi connectivity index (χ1n) is 8.83. The van der Waals surface area contributed by atoms with E-state index in [0.29, 0.717) is 11.8 Å². The number of hydrogen-bond acceptors (Lipinski definition) is 8. The maximum absolute atomic E-state index is 5.45. The third-order valence-corrected chi connectivity index (χ3v) is 5.04. The van der Waals surface area contributed by atoms with Crippen LogP contribution in [0.1, 0.15) is 44.7 Å². The van der Waals surface area contributed by atoms with E-state index in [2.05, 4.69) is 50.6 Å². The van der Waals surface area contributed by atoms with Crippen LogP contribution in [0.5, 0.6) is 0 Å². The first-order chi connectivity index (χ1) is 12.1. The van der Waals surface area contributed by atoms with Crippen LogP contribution in [0.15, 0.2) is 9.68 Å². The van der Waals surface area contributed by atoms with E-state index in [1.807, 2.05) is 6.92 Å². The van der Waals surface area contributed by atoms with Gasteiger partial charge in [0.1, 0.15) is 0 Å². The molecule has 1 aliphatic heterocycles. The summed E-state index contributed by atoms with van der Waals surface area (Å²) in [6.07, 6.45) is 0.769. The van der Waals surface area contributed by atoms with Crippen LogP contribution in [0.2, 0.25) is 0 Å². The molecule has 0 radical (unpaired) electrons. The van der Waals surface area contributed by atoms with Crippen molar-refractivity contribution in [2.24, 2.45) is 5.92 Å². The molecule has 9 heteroatoms. The molecule has 3 heterocycles. The Hall–Kier alpha value is -1.61. The fourth-order valence-corrected chi connectivity index (χ4v) is 3.56. The molecule has 0 N–H and O–H groups in total. The number of hydrogen-bond donors (Lipinski definition) is 0. The van der Waals surface area contributed by atoms with Gasteiger partial charge in [-0.15, -0.1) is 10.2 Å². The topological polar surface area (TPSA) is 82.1 Å². The minimum Gasteiger partial charge on any atom is -0.378 e. The molecule has 1 unspecified atom stereocenters. The Balaban J connectivity index is 1.80. The van der Waals surface area contributed by atoms with E-state index in [1.54, 1.807) is 11.8 Å². The Morgan fingerprint density at radius 1 is 1.16 bits per heavy atom. The average molecular weight is 366 g/mol. The Morgan fingerprint density at radius 3 is 2.56 bits per heavy atom. The summed E-state index contributed by atoms with van der Waals surface area (Å²) in [5.74, 6) is 2.79. The molecule has 0 bridgehead atoms. The van der Waals surface area contributed by atoms with Gasteiger partial charge in [0.05, 0.1) is 18.5 Å². The predicted octanol–water partition coefficient (Wildman–Crippen LogP) is 2.57. The molecule has 138 valence electrons. The van der Waals surface area contributed by atoms with Gasteiger partial charge in [-0.25, -0.2) is 0 Å². The van der Waals surface area contributed by atoms with E-state index in [-0.39, 0.29) is 5.25 Å². The number of anilines is 1. The van der Waals surface area contributed by atoms with Crippen LogP contribution in [0.4, 0.5) is 5.95 Å². The van der Waals surface area contributed by atoms with Crippen LogP contribution in [0.25, 0.3) is 0 Å². The molecule has 0 saturated carbocycles. The lowest BCUT2D eigenvalue weighted by Crippen LogP contribution is -2.38. The standard InChI is InChI=1S/C16H26N6O2S/c1-5-13-17-14(24-20-13)12(4)25-16-19-18-15(22(16)10-11(2)3)21-6-8-23-9-7-21/h11-12H,5-10H2,1-4H3. The zero-order valence-electron chi connectivity index (χ0n) is 15.3. The highest BCUT2D eigenvalue weighted by atomic mass is 32.2. The Kier molecular flexibility index (Phi) is 5.95. The van der Waals surface area contributed by atoms with Gasteiger partial charge >= 0.3 is 0 Å². The molecule has 1 fully saturated rings. The SMILES string of the molecule is CCc1noc(C(C)Sc2nnc(N3CCOCC3)n2CC(C)C)n1. The molecule has 2 aromatic heterocycles. The van der Waals surface area contributed by atoms with Crippen molar-refractivity contribution in [3.63, 3.8) is 0 Å². The number of rotatable bonds is 7. The monoisotopic (exact) mass is 366 g/mol. The highest BCUT2D eigenvalue weighted by Gasteiger charge is 2.24. The average Bonchev–Trinajstić information content (AvgIpc) is 3.23. The van der Waals surface area contributed by atoms with Gasteiger partial charge in [0.15, 0.2) is 11.0 Å². The molecule has 0 spiro atoms. The zero-order valence-corrected chi connectivity index (χ0v) is 16.1. The van der Waals surface area contributed by atoms with Crippen LogP contribution in [0, 0.1) is 5.92 Å². The summed E-state index contributed by atoms with van der Waals surface area (Å²) >= 11 is 1.61. The van der Waals surface area contributed by atoms with Gasteiger partial charge in [-0.1, -0.05) is 37.7 Å². The van der Waals surface area contributed by atoms with E-state index in [4.69, 9.17) is 9.26 Å². The van der Waals surface area contributed by atoms with Crippen molar-refractivity contribution in [1.29, 1.82) is 0 Å². The van der Waals surface area contributed by atoms with E-state index >= 15 is 0 Å². The maximum Gasteiger partial charge on any atom is 0.239 e. The fourth-order valence-electron chi connectivity index (χ4n) is 2.68. The van der Waals surface area contributed by atoms with Crippen molar-refractivity contribution < 1.29 is 9.26 Å².